The highest BCUT2D eigenvalue weighted by Gasteiger charge is 2.11. The number of nitrogens with one attached hydrogen (secondary N) is 1. The van der Waals surface area contributed by atoms with E-state index < -0.39 is 15.8 Å². The molecule has 5 nitrogen and oxygen atoms in total. The molecule has 2 rings (SSSR count). The number of halogens is 2. The SMILES string of the molecule is Nc1cc(Nc2ccc(Cl)cc2F)cc(S(N)(=O)=O)c1. The monoisotopic (exact) mass is 315 g/mol. The molecule has 0 aliphatic rings. The van der Waals surface area contributed by atoms with E-state index in [1.165, 1.54) is 30.3 Å². The zero-order chi connectivity index (χ0) is 14.9. The van der Waals surface area contributed by atoms with Crippen LogP contribution >= 0.6 is 11.6 Å². The third-order valence-corrected chi connectivity index (χ3v) is 3.60. The molecular weight excluding hydrogens is 305 g/mol. The van der Waals surface area contributed by atoms with Crippen molar-refractivity contribution in [3.05, 3.63) is 47.2 Å². The first-order valence-electron chi connectivity index (χ1n) is 5.41. The van der Waals surface area contributed by atoms with E-state index in [0.29, 0.717) is 5.69 Å². The molecule has 2 aromatic carbocycles. The molecule has 20 heavy (non-hydrogen) atoms. The van der Waals surface area contributed by atoms with Gasteiger partial charge in [0.25, 0.3) is 0 Å². The summed E-state index contributed by atoms with van der Waals surface area (Å²) in [6, 6.07) is 8.01. The van der Waals surface area contributed by atoms with Gasteiger partial charge in [-0.05, 0) is 36.4 Å². The molecule has 5 N–H and O–H groups in total. The van der Waals surface area contributed by atoms with E-state index in [-0.39, 0.29) is 21.3 Å². The van der Waals surface area contributed by atoms with Crippen LogP contribution in [0.3, 0.4) is 0 Å². The summed E-state index contributed by atoms with van der Waals surface area (Å²) in [7, 11) is -3.89. The first-order chi connectivity index (χ1) is 9.25. The van der Waals surface area contributed by atoms with E-state index in [9.17, 15) is 12.8 Å². The second kappa shape index (κ2) is 5.28. The molecule has 0 aromatic heterocycles. The lowest BCUT2D eigenvalue weighted by molar-refractivity contribution is 0.598. The van der Waals surface area contributed by atoms with Gasteiger partial charge in [0.1, 0.15) is 5.82 Å². The molecule has 0 heterocycles. The number of nitrogen functional groups attached to an aromatic ring is 1. The first-order valence-corrected chi connectivity index (χ1v) is 7.33. The number of rotatable bonds is 3. The van der Waals surface area contributed by atoms with Crippen LogP contribution in [0.2, 0.25) is 5.02 Å². The molecule has 0 aliphatic heterocycles. The van der Waals surface area contributed by atoms with Crippen molar-refractivity contribution < 1.29 is 12.8 Å². The van der Waals surface area contributed by atoms with Crippen LogP contribution in [0.4, 0.5) is 21.5 Å². The molecule has 0 amide bonds. The van der Waals surface area contributed by atoms with E-state index in [0.717, 1.165) is 6.07 Å². The molecule has 0 unspecified atom stereocenters. The molecule has 8 heteroatoms. The maximum atomic E-state index is 13.7. The summed E-state index contributed by atoms with van der Waals surface area (Å²) < 4.78 is 36.3. The van der Waals surface area contributed by atoms with E-state index in [1.807, 2.05) is 0 Å². The lowest BCUT2D eigenvalue weighted by Gasteiger charge is -2.10. The van der Waals surface area contributed by atoms with Gasteiger partial charge in [0.05, 0.1) is 10.6 Å². The van der Waals surface area contributed by atoms with Crippen LogP contribution < -0.4 is 16.2 Å². The van der Waals surface area contributed by atoms with E-state index in [4.69, 9.17) is 22.5 Å². The largest absolute Gasteiger partial charge is 0.399 e. The minimum atomic E-state index is -3.89. The highest BCUT2D eigenvalue weighted by atomic mass is 35.5. The quantitative estimate of drug-likeness (QED) is 0.758. The van der Waals surface area contributed by atoms with Gasteiger partial charge in [-0.15, -0.1) is 0 Å². The summed E-state index contributed by atoms with van der Waals surface area (Å²) >= 11 is 5.65. The molecular formula is C12H11ClFN3O2S. The van der Waals surface area contributed by atoms with Crippen molar-refractivity contribution in [1.82, 2.24) is 0 Å². The highest BCUT2D eigenvalue weighted by molar-refractivity contribution is 7.89. The standard InChI is InChI=1S/C12H11ClFN3O2S/c13-7-1-2-12(11(14)3-7)17-9-4-8(15)5-10(6-9)20(16,18)19/h1-6,17H,15H2,(H2,16,18,19). The van der Waals surface area contributed by atoms with Crippen molar-refractivity contribution in [3.8, 4) is 0 Å². The third-order valence-electron chi connectivity index (χ3n) is 2.47. The number of sulfonamides is 1. The van der Waals surface area contributed by atoms with Gasteiger partial charge in [0.2, 0.25) is 10.0 Å². The fourth-order valence-corrected chi connectivity index (χ4v) is 2.36. The normalized spacial score (nSPS) is 11.3. The average molecular weight is 316 g/mol. The van der Waals surface area contributed by atoms with Crippen LogP contribution in [0.15, 0.2) is 41.3 Å². The fraction of sp³-hybridized carbons (Fsp3) is 0. The summed E-state index contributed by atoms with van der Waals surface area (Å²) in [6.07, 6.45) is 0. The lowest BCUT2D eigenvalue weighted by atomic mass is 10.2. The van der Waals surface area contributed by atoms with E-state index >= 15 is 0 Å². The Balaban J connectivity index is 2.41. The molecule has 0 fully saturated rings. The molecule has 0 bridgehead atoms. The summed E-state index contributed by atoms with van der Waals surface area (Å²) in [4.78, 5) is -0.158. The number of hydrogen-bond acceptors (Lipinski definition) is 4. The summed E-state index contributed by atoms with van der Waals surface area (Å²) in [5.41, 5.74) is 6.23. The molecule has 0 saturated carbocycles. The highest BCUT2D eigenvalue weighted by Crippen LogP contribution is 2.26. The van der Waals surface area contributed by atoms with Gasteiger partial charge >= 0.3 is 0 Å². The fourth-order valence-electron chi connectivity index (χ4n) is 1.60. The Morgan fingerprint density at radius 2 is 1.85 bits per heavy atom. The van der Waals surface area contributed by atoms with E-state index in [1.54, 1.807) is 0 Å². The van der Waals surface area contributed by atoms with Gasteiger partial charge in [-0.3, -0.25) is 0 Å². The van der Waals surface area contributed by atoms with Crippen molar-refractivity contribution in [2.24, 2.45) is 5.14 Å². The Kier molecular flexibility index (Phi) is 3.85. The zero-order valence-corrected chi connectivity index (χ0v) is 11.7. The second-order valence-electron chi connectivity index (χ2n) is 4.08. The van der Waals surface area contributed by atoms with Crippen molar-refractivity contribution in [3.63, 3.8) is 0 Å². The minimum Gasteiger partial charge on any atom is -0.399 e. The van der Waals surface area contributed by atoms with E-state index in [2.05, 4.69) is 5.32 Å². The number of anilines is 3. The lowest BCUT2D eigenvalue weighted by Crippen LogP contribution is -2.12. The maximum absolute atomic E-state index is 13.7. The van der Waals surface area contributed by atoms with Crippen LogP contribution in [0.1, 0.15) is 0 Å². The summed E-state index contributed by atoms with van der Waals surface area (Å²) in [5, 5.41) is 8.01. The average Bonchev–Trinajstić information content (AvgIpc) is 2.31. The van der Waals surface area contributed by atoms with Gasteiger partial charge < -0.3 is 11.1 Å². The Morgan fingerprint density at radius 3 is 2.45 bits per heavy atom. The predicted octanol–water partition coefficient (Wildman–Crippen LogP) is 2.45. The Morgan fingerprint density at radius 1 is 1.15 bits per heavy atom. The molecule has 0 aliphatic carbocycles. The predicted molar refractivity (Wildman–Crippen MR) is 76.9 cm³/mol. The van der Waals surface area contributed by atoms with Crippen LogP contribution in [-0.2, 0) is 10.0 Å². The van der Waals surface area contributed by atoms with Gasteiger partial charge in [-0.1, -0.05) is 11.6 Å². The molecule has 0 radical (unpaired) electrons. The first kappa shape index (κ1) is 14.6. The Hall–Kier alpha value is -1.83. The number of benzene rings is 2. The van der Waals surface area contributed by atoms with Crippen molar-refractivity contribution in [1.29, 1.82) is 0 Å². The molecule has 0 atom stereocenters. The smallest absolute Gasteiger partial charge is 0.238 e. The summed E-state index contributed by atoms with van der Waals surface area (Å²) in [5.74, 6) is -0.572. The second-order valence-corrected chi connectivity index (χ2v) is 6.08. The van der Waals surface area contributed by atoms with Gasteiger partial charge in [-0.2, -0.15) is 0 Å². The van der Waals surface area contributed by atoms with Gasteiger partial charge in [0, 0.05) is 16.4 Å². The van der Waals surface area contributed by atoms with Crippen LogP contribution in [0, 0.1) is 5.82 Å². The van der Waals surface area contributed by atoms with Crippen LogP contribution in [0.25, 0.3) is 0 Å². The molecule has 106 valence electrons. The topological polar surface area (TPSA) is 98.2 Å². The van der Waals surface area contributed by atoms with Crippen molar-refractivity contribution in [2.45, 2.75) is 4.90 Å². The number of hydrogen-bond donors (Lipinski definition) is 3. The number of primary sulfonamides is 1. The van der Waals surface area contributed by atoms with Crippen LogP contribution in [-0.4, -0.2) is 8.42 Å². The summed E-state index contributed by atoms with van der Waals surface area (Å²) in [6.45, 7) is 0. The Labute approximate surface area is 120 Å². The number of nitrogens with two attached hydrogens (primary N) is 2. The van der Waals surface area contributed by atoms with Crippen LogP contribution in [0.5, 0.6) is 0 Å². The van der Waals surface area contributed by atoms with Crippen molar-refractivity contribution >= 4 is 38.7 Å². The van der Waals surface area contributed by atoms with Gasteiger partial charge in [0.15, 0.2) is 0 Å². The zero-order valence-electron chi connectivity index (χ0n) is 10.1. The van der Waals surface area contributed by atoms with Gasteiger partial charge in [-0.25, -0.2) is 17.9 Å². The minimum absolute atomic E-state index is 0.139. The maximum Gasteiger partial charge on any atom is 0.238 e. The molecule has 2 aromatic rings. The molecule has 0 saturated heterocycles. The molecule has 0 spiro atoms. The Bertz CT molecular complexity index is 765. The third kappa shape index (κ3) is 3.38. The van der Waals surface area contributed by atoms with Crippen molar-refractivity contribution in [2.75, 3.05) is 11.1 Å².